The number of nitrogens with zero attached hydrogens (tertiary/aromatic N) is 1. The minimum Gasteiger partial charge on any atom is -0.450 e. The molecule has 1 aromatic rings. The average molecular weight is 257 g/mol. The molecule has 0 N–H and O–H groups in total. The molecule has 1 unspecified atom stereocenters. The first kappa shape index (κ1) is 14.0. The molecule has 0 aromatic carbocycles. The van der Waals surface area contributed by atoms with Gasteiger partial charge in [0.2, 0.25) is 5.76 Å². The Morgan fingerprint density at radius 1 is 1.41 bits per heavy atom. The van der Waals surface area contributed by atoms with Gasteiger partial charge in [-0.25, -0.2) is 0 Å². The highest BCUT2D eigenvalue weighted by Crippen LogP contribution is 2.60. The number of rotatable bonds is 6. The summed E-state index contributed by atoms with van der Waals surface area (Å²) in [7, 11) is -3.23. The van der Waals surface area contributed by atoms with E-state index in [0.29, 0.717) is 19.0 Å². The number of nitriles is 1. The summed E-state index contributed by atoms with van der Waals surface area (Å²) in [6.07, 6.45) is 0. The van der Waals surface area contributed by atoms with E-state index in [1.165, 1.54) is 6.07 Å². The van der Waals surface area contributed by atoms with Crippen molar-refractivity contribution in [1.82, 2.24) is 0 Å². The lowest BCUT2D eigenvalue weighted by atomic mass is 10.3. The second kappa shape index (κ2) is 6.02. The molecule has 5 nitrogen and oxygen atoms in total. The third kappa shape index (κ3) is 3.19. The van der Waals surface area contributed by atoms with Crippen LogP contribution in [0.3, 0.4) is 0 Å². The van der Waals surface area contributed by atoms with Gasteiger partial charge in [0.05, 0.1) is 13.2 Å². The van der Waals surface area contributed by atoms with Gasteiger partial charge in [-0.3, -0.25) is 4.57 Å². The van der Waals surface area contributed by atoms with E-state index in [9.17, 15) is 4.57 Å². The molecule has 0 spiro atoms. The monoisotopic (exact) mass is 257 g/mol. The molecule has 0 bridgehead atoms. The highest BCUT2D eigenvalue weighted by Gasteiger charge is 2.35. The van der Waals surface area contributed by atoms with Gasteiger partial charge < -0.3 is 13.5 Å². The smallest absolute Gasteiger partial charge is 0.340 e. The molecule has 0 saturated carbocycles. The van der Waals surface area contributed by atoms with Crippen molar-refractivity contribution < 1.29 is 18.0 Å². The number of hydrogen-bond acceptors (Lipinski definition) is 5. The summed E-state index contributed by atoms with van der Waals surface area (Å²) >= 11 is 0. The first-order valence-electron chi connectivity index (χ1n) is 5.46. The van der Waals surface area contributed by atoms with Gasteiger partial charge in [0.15, 0.2) is 0 Å². The molecule has 0 aliphatic heterocycles. The zero-order valence-electron chi connectivity index (χ0n) is 10.2. The quantitative estimate of drug-likeness (QED) is 0.729. The van der Waals surface area contributed by atoms with Crippen LogP contribution in [0.4, 0.5) is 0 Å². The Morgan fingerprint density at radius 3 is 2.41 bits per heavy atom. The molecule has 1 rings (SSSR count). The lowest BCUT2D eigenvalue weighted by Gasteiger charge is -2.21. The van der Waals surface area contributed by atoms with Gasteiger partial charge in [-0.05, 0) is 32.9 Å². The maximum Gasteiger partial charge on any atom is 0.340 e. The topological polar surface area (TPSA) is 72.5 Å². The molecule has 0 amide bonds. The fourth-order valence-corrected chi connectivity index (χ4v) is 3.11. The lowest BCUT2D eigenvalue weighted by Crippen LogP contribution is -2.03. The van der Waals surface area contributed by atoms with Crippen molar-refractivity contribution >= 4 is 7.60 Å². The molecule has 0 fully saturated rings. The molecule has 0 radical (unpaired) electrons. The van der Waals surface area contributed by atoms with E-state index < -0.39 is 13.3 Å². The largest absolute Gasteiger partial charge is 0.450 e. The van der Waals surface area contributed by atoms with Crippen molar-refractivity contribution in [1.29, 1.82) is 5.26 Å². The van der Waals surface area contributed by atoms with Crippen molar-refractivity contribution in [3.63, 3.8) is 0 Å². The van der Waals surface area contributed by atoms with E-state index in [1.54, 1.807) is 26.8 Å². The van der Waals surface area contributed by atoms with Gasteiger partial charge in [-0.15, -0.1) is 0 Å². The normalized spacial score (nSPS) is 13.3. The molecule has 17 heavy (non-hydrogen) atoms. The average Bonchev–Trinajstić information content (AvgIpc) is 2.77. The summed E-state index contributed by atoms with van der Waals surface area (Å²) in [6.45, 7) is 5.80. The molecule has 94 valence electrons. The van der Waals surface area contributed by atoms with Crippen LogP contribution in [0.2, 0.25) is 0 Å². The van der Waals surface area contributed by atoms with Crippen LogP contribution < -0.4 is 0 Å². The minimum absolute atomic E-state index is 0.186. The summed E-state index contributed by atoms with van der Waals surface area (Å²) in [5.41, 5.74) is -0.524. The zero-order chi connectivity index (χ0) is 12.9. The maximum absolute atomic E-state index is 12.4. The third-order valence-electron chi connectivity index (χ3n) is 2.24. The molecule has 1 aromatic heterocycles. The fourth-order valence-electron chi connectivity index (χ4n) is 1.41. The molecular weight excluding hydrogens is 241 g/mol. The number of hydrogen-bond donors (Lipinski definition) is 0. The van der Waals surface area contributed by atoms with Crippen LogP contribution in [0.1, 0.15) is 38.0 Å². The van der Waals surface area contributed by atoms with Crippen LogP contribution >= 0.6 is 7.60 Å². The molecule has 1 atom stereocenters. The molecule has 0 aliphatic carbocycles. The Morgan fingerprint density at radius 2 is 2.00 bits per heavy atom. The Bertz CT molecular complexity index is 439. The first-order valence-corrected chi connectivity index (χ1v) is 7.07. The van der Waals surface area contributed by atoms with Gasteiger partial charge >= 0.3 is 7.60 Å². The van der Waals surface area contributed by atoms with Crippen molar-refractivity contribution in [2.75, 3.05) is 13.2 Å². The van der Waals surface area contributed by atoms with Crippen molar-refractivity contribution in [2.24, 2.45) is 0 Å². The predicted octanol–water partition coefficient (Wildman–Crippen LogP) is 3.48. The Kier molecular flexibility index (Phi) is 4.95. The van der Waals surface area contributed by atoms with E-state index in [0.717, 1.165) is 0 Å². The molecule has 0 saturated heterocycles. The number of furan rings is 1. The summed E-state index contributed by atoms with van der Waals surface area (Å²) < 4.78 is 28.1. The summed E-state index contributed by atoms with van der Waals surface area (Å²) in [4.78, 5) is 0. The van der Waals surface area contributed by atoms with Gasteiger partial charge in [0.1, 0.15) is 17.5 Å². The third-order valence-corrected chi connectivity index (χ3v) is 4.68. The SMILES string of the molecule is CCOP(=O)(OCC)C(C)c1ccc(C#N)o1. The van der Waals surface area contributed by atoms with Crippen LogP contribution in [-0.4, -0.2) is 13.2 Å². The predicted molar refractivity (Wildman–Crippen MR) is 62.7 cm³/mol. The zero-order valence-corrected chi connectivity index (χ0v) is 11.1. The van der Waals surface area contributed by atoms with Crippen molar-refractivity contribution in [3.05, 3.63) is 23.7 Å². The lowest BCUT2D eigenvalue weighted by molar-refractivity contribution is 0.210. The Labute approximate surface area is 101 Å². The van der Waals surface area contributed by atoms with Gasteiger partial charge in [0.25, 0.3) is 0 Å². The van der Waals surface area contributed by atoms with Crippen molar-refractivity contribution in [3.8, 4) is 6.07 Å². The standard InChI is InChI=1S/C11H16NO4P/c1-4-14-17(13,15-5-2)9(3)11-7-6-10(8-12)16-11/h6-7,9H,4-5H2,1-3H3. The van der Waals surface area contributed by atoms with Crippen LogP contribution in [0.25, 0.3) is 0 Å². The van der Waals surface area contributed by atoms with E-state index in [1.807, 2.05) is 6.07 Å². The highest BCUT2D eigenvalue weighted by atomic mass is 31.2. The Balaban J connectivity index is 2.95. The summed E-state index contributed by atoms with van der Waals surface area (Å²) in [6, 6.07) is 5.03. The van der Waals surface area contributed by atoms with Gasteiger partial charge in [-0.1, -0.05) is 0 Å². The van der Waals surface area contributed by atoms with Gasteiger partial charge in [0, 0.05) is 0 Å². The highest BCUT2D eigenvalue weighted by molar-refractivity contribution is 7.54. The van der Waals surface area contributed by atoms with E-state index in [4.69, 9.17) is 18.7 Å². The second-order valence-electron chi connectivity index (χ2n) is 3.37. The van der Waals surface area contributed by atoms with E-state index in [2.05, 4.69) is 0 Å². The Hall–Kier alpha value is -1.08. The van der Waals surface area contributed by atoms with E-state index >= 15 is 0 Å². The fraction of sp³-hybridized carbons (Fsp3) is 0.545. The summed E-state index contributed by atoms with van der Waals surface area (Å²) in [5.74, 6) is 0.623. The molecular formula is C11H16NO4P. The molecule has 0 aliphatic rings. The van der Waals surface area contributed by atoms with Crippen molar-refractivity contribution in [2.45, 2.75) is 26.4 Å². The molecule has 6 heteroatoms. The van der Waals surface area contributed by atoms with Crippen LogP contribution in [0, 0.1) is 11.3 Å². The minimum atomic E-state index is -3.23. The maximum atomic E-state index is 12.4. The second-order valence-corrected chi connectivity index (χ2v) is 5.74. The van der Waals surface area contributed by atoms with Crippen LogP contribution in [0.5, 0.6) is 0 Å². The molecule has 1 heterocycles. The van der Waals surface area contributed by atoms with Crippen LogP contribution in [-0.2, 0) is 13.6 Å². The summed E-state index contributed by atoms with van der Waals surface area (Å²) in [5, 5.41) is 8.67. The van der Waals surface area contributed by atoms with Gasteiger partial charge in [-0.2, -0.15) is 5.26 Å². The van der Waals surface area contributed by atoms with Crippen LogP contribution in [0.15, 0.2) is 16.5 Å². The first-order chi connectivity index (χ1) is 8.07. The van der Waals surface area contributed by atoms with E-state index in [-0.39, 0.29) is 5.76 Å².